The van der Waals surface area contributed by atoms with E-state index in [4.69, 9.17) is 22.9 Å². The van der Waals surface area contributed by atoms with E-state index in [9.17, 15) is 9.59 Å². The number of amides is 2. The van der Waals surface area contributed by atoms with Crippen LogP contribution in [0, 0.1) is 0 Å². The van der Waals surface area contributed by atoms with Crippen molar-refractivity contribution in [2.24, 2.45) is 22.9 Å². The maximum absolute atomic E-state index is 10.4. The van der Waals surface area contributed by atoms with Gasteiger partial charge in [0.25, 0.3) is 11.8 Å². The largest absolute Gasteiger partial charge is 0.446 e. The predicted octanol–water partition coefficient (Wildman–Crippen LogP) is 1.33. The Morgan fingerprint density at radius 3 is 1.37 bits per heavy atom. The minimum Gasteiger partial charge on any atom is -0.446 e. The molecule has 0 aliphatic rings. The molecular formula is C20H22N4O3. The number of furan rings is 1. The molecule has 2 amide bonds. The smallest absolute Gasteiger partial charge is 0.284 e. The fourth-order valence-corrected chi connectivity index (χ4v) is 2.48. The zero-order valence-electron chi connectivity index (χ0n) is 14.7. The van der Waals surface area contributed by atoms with Crippen LogP contribution < -0.4 is 22.9 Å². The lowest BCUT2D eigenvalue weighted by Gasteiger charge is -2.29. The molecule has 1 heterocycles. The number of hydrogen-bond donors (Lipinski definition) is 4. The van der Waals surface area contributed by atoms with Crippen LogP contribution in [0.4, 0.5) is 0 Å². The third-order valence-corrected chi connectivity index (χ3v) is 3.99. The van der Waals surface area contributed by atoms with Gasteiger partial charge in [0, 0.05) is 6.54 Å². The number of rotatable bonds is 5. The molecule has 7 heteroatoms. The second-order valence-corrected chi connectivity index (χ2v) is 5.80. The summed E-state index contributed by atoms with van der Waals surface area (Å²) >= 11 is 0. The van der Waals surface area contributed by atoms with Crippen molar-refractivity contribution in [2.75, 3.05) is 6.54 Å². The molecule has 7 nitrogen and oxygen atoms in total. The molecule has 3 aromatic rings. The highest BCUT2D eigenvalue weighted by Gasteiger charge is 2.27. The van der Waals surface area contributed by atoms with Crippen LogP contribution in [-0.2, 0) is 5.54 Å². The molecule has 2 aromatic carbocycles. The van der Waals surface area contributed by atoms with Crippen molar-refractivity contribution < 1.29 is 14.0 Å². The molecule has 3 rings (SSSR count). The highest BCUT2D eigenvalue weighted by molar-refractivity contribution is 5.94. The SMILES string of the molecule is NC(=O)c1ccc(C(N)=O)o1.NCC(N)(c1ccccc1)c1ccccc1. The van der Waals surface area contributed by atoms with Gasteiger partial charge in [-0.2, -0.15) is 0 Å². The Hall–Kier alpha value is -3.42. The van der Waals surface area contributed by atoms with Gasteiger partial charge in [0.2, 0.25) is 0 Å². The molecule has 0 saturated carbocycles. The van der Waals surface area contributed by atoms with Crippen molar-refractivity contribution in [2.45, 2.75) is 5.54 Å². The second-order valence-electron chi connectivity index (χ2n) is 5.80. The molecule has 140 valence electrons. The maximum Gasteiger partial charge on any atom is 0.284 e. The average Bonchev–Trinajstić information content (AvgIpc) is 3.20. The molecule has 0 bridgehead atoms. The molecular weight excluding hydrogens is 344 g/mol. The molecule has 27 heavy (non-hydrogen) atoms. The summed E-state index contributed by atoms with van der Waals surface area (Å²) in [6.07, 6.45) is 0. The molecule has 0 unspecified atom stereocenters. The monoisotopic (exact) mass is 366 g/mol. The van der Waals surface area contributed by atoms with Crippen molar-refractivity contribution >= 4 is 11.8 Å². The van der Waals surface area contributed by atoms with Crippen molar-refractivity contribution in [3.8, 4) is 0 Å². The molecule has 0 spiro atoms. The summed E-state index contributed by atoms with van der Waals surface area (Å²) in [6.45, 7) is 0.390. The van der Waals surface area contributed by atoms with E-state index in [0.29, 0.717) is 6.54 Å². The van der Waals surface area contributed by atoms with E-state index in [1.54, 1.807) is 0 Å². The van der Waals surface area contributed by atoms with Gasteiger partial charge >= 0.3 is 0 Å². The predicted molar refractivity (Wildman–Crippen MR) is 103 cm³/mol. The fourth-order valence-electron chi connectivity index (χ4n) is 2.48. The van der Waals surface area contributed by atoms with Crippen molar-refractivity contribution in [1.29, 1.82) is 0 Å². The van der Waals surface area contributed by atoms with Gasteiger partial charge in [0.15, 0.2) is 11.5 Å². The number of nitrogens with two attached hydrogens (primary N) is 4. The Labute approximate surface area is 156 Å². The number of hydrogen-bond acceptors (Lipinski definition) is 5. The van der Waals surface area contributed by atoms with Gasteiger partial charge in [0.05, 0.1) is 5.54 Å². The van der Waals surface area contributed by atoms with Gasteiger partial charge in [-0.25, -0.2) is 0 Å². The number of carbonyl (C=O) groups excluding carboxylic acids is 2. The number of carbonyl (C=O) groups is 2. The Kier molecular flexibility index (Phi) is 6.48. The second kappa shape index (κ2) is 8.79. The molecule has 0 atom stereocenters. The molecule has 0 fully saturated rings. The third kappa shape index (κ3) is 4.81. The highest BCUT2D eigenvalue weighted by Crippen LogP contribution is 2.25. The van der Waals surface area contributed by atoms with E-state index >= 15 is 0 Å². The van der Waals surface area contributed by atoms with Crippen LogP contribution >= 0.6 is 0 Å². The lowest BCUT2D eigenvalue weighted by atomic mass is 9.84. The highest BCUT2D eigenvalue weighted by atomic mass is 16.4. The van der Waals surface area contributed by atoms with E-state index in [0.717, 1.165) is 11.1 Å². The first-order valence-corrected chi connectivity index (χ1v) is 8.18. The fraction of sp³-hybridized carbons (Fsp3) is 0.100. The van der Waals surface area contributed by atoms with Crippen LogP contribution in [-0.4, -0.2) is 18.4 Å². The molecule has 0 aliphatic carbocycles. The summed E-state index contributed by atoms with van der Waals surface area (Å²) < 4.78 is 4.66. The lowest BCUT2D eigenvalue weighted by Crippen LogP contribution is -2.45. The lowest BCUT2D eigenvalue weighted by molar-refractivity contribution is 0.0951. The zero-order valence-corrected chi connectivity index (χ0v) is 14.7. The van der Waals surface area contributed by atoms with Crippen molar-refractivity contribution in [3.63, 3.8) is 0 Å². The van der Waals surface area contributed by atoms with Crippen LogP contribution in [0.3, 0.4) is 0 Å². The van der Waals surface area contributed by atoms with Gasteiger partial charge in [-0.15, -0.1) is 0 Å². The summed E-state index contributed by atoms with van der Waals surface area (Å²) in [4.78, 5) is 20.8. The maximum atomic E-state index is 10.4. The van der Waals surface area contributed by atoms with E-state index in [1.807, 2.05) is 60.7 Å². The van der Waals surface area contributed by atoms with Gasteiger partial charge < -0.3 is 27.4 Å². The average molecular weight is 366 g/mol. The quantitative estimate of drug-likeness (QED) is 0.537. The first-order chi connectivity index (χ1) is 12.9. The first kappa shape index (κ1) is 19.9. The molecule has 0 radical (unpaired) electrons. The van der Waals surface area contributed by atoms with E-state index in [-0.39, 0.29) is 11.5 Å². The van der Waals surface area contributed by atoms with Crippen molar-refractivity contribution in [3.05, 3.63) is 95.4 Å². The summed E-state index contributed by atoms with van der Waals surface area (Å²) in [7, 11) is 0. The summed E-state index contributed by atoms with van der Waals surface area (Å²) in [5.74, 6) is -1.59. The van der Waals surface area contributed by atoms with Crippen LogP contribution in [0.1, 0.15) is 32.2 Å². The third-order valence-electron chi connectivity index (χ3n) is 3.99. The Bertz CT molecular complexity index is 824. The van der Waals surface area contributed by atoms with E-state index in [1.165, 1.54) is 12.1 Å². The minimum absolute atomic E-state index is 0.0706. The standard InChI is InChI=1S/C14H16N2.C6H6N2O3/c15-11-14(16,12-7-3-1-4-8-12)13-9-5-2-6-10-13;7-5(9)3-1-2-4(11-3)6(8)10/h1-10H,11,15-16H2;1-2H,(H2,7,9)(H2,8,10). The Morgan fingerprint density at radius 2 is 1.11 bits per heavy atom. The Balaban J connectivity index is 0.000000208. The molecule has 0 aliphatic heterocycles. The van der Waals surface area contributed by atoms with Crippen LogP contribution in [0.5, 0.6) is 0 Å². The topological polar surface area (TPSA) is 151 Å². The summed E-state index contributed by atoms with van der Waals surface area (Å²) in [5, 5.41) is 0. The van der Waals surface area contributed by atoms with Gasteiger partial charge in [-0.05, 0) is 23.3 Å². The minimum atomic E-state index is -0.725. The van der Waals surface area contributed by atoms with E-state index < -0.39 is 17.4 Å². The summed E-state index contributed by atoms with van der Waals surface area (Å²) in [6, 6.07) is 22.5. The Morgan fingerprint density at radius 1 is 0.741 bits per heavy atom. The van der Waals surface area contributed by atoms with E-state index in [2.05, 4.69) is 4.42 Å². The number of benzene rings is 2. The molecule has 1 aromatic heterocycles. The first-order valence-electron chi connectivity index (χ1n) is 8.18. The molecule has 0 saturated heterocycles. The normalized spacial score (nSPS) is 10.6. The van der Waals surface area contributed by atoms with Crippen LogP contribution in [0.15, 0.2) is 77.2 Å². The van der Waals surface area contributed by atoms with Gasteiger partial charge in [-0.1, -0.05) is 60.7 Å². The summed E-state index contributed by atoms with van der Waals surface area (Å²) in [5.41, 5.74) is 23.4. The van der Waals surface area contributed by atoms with Crippen LogP contribution in [0.2, 0.25) is 0 Å². The number of primary amides is 2. The molecule has 8 N–H and O–H groups in total. The van der Waals surface area contributed by atoms with Crippen LogP contribution in [0.25, 0.3) is 0 Å². The van der Waals surface area contributed by atoms with Crippen molar-refractivity contribution in [1.82, 2.24) is 0 Å². The van der Waals surface area contributed by atoms with Gasteiger partial charge in [-0.3, -0.25) is 9.59 Å². The zero-order chi connectivity index (χ0) is 19.9. The van der Waals surface area contributed by atoms with Gasteiger partial charge in [0.1, 0.15) is 0 Å².